The molecular weight excluding hydrogens is 247 g/mol. The number of hydrogen-bond donors (Lipinski definition) is 0. The van der Waals surface area contributed by atoms with Crippen molar-refractivity contribution in [3.63, 3.8) is 0 Å². The molecule has 110 valence electrons. The van der Waals surface area contributed by atoms with Gasteiger partial charge in [-0.1, -0.05) is 51.9 Å². The maximum absolute atomic E-state index is 11.8. The highest BCUT2D eigenvalue weighted by Crippen LogP contribution is 2.45. The molecule has 0 rings (SSSR count). The molecule has 0 saturated heterocycles. The van der Waals surface area contributed by atoms with E-state index in [9.17, 15) is 4.57 Å². The van der Waals surface area contributed by atoms with E-state index in [1.165, 1.54) is 38.5 Å². The summed E-state index contributed by atoms with van der Waals surface area (Å²) < 4.78 is 22.3. The van der Waals surface area contributed by atoms with E-state index in [1.807, 2.05) is 13.8 Å². The van der Waals surface area contributed by atoms with Gasteiger partial charge < -0.3 is 9.05 Å². The van der Waals surface area contributed by atoms with Gasteiger partial charge in [-0.15, -0.1) is 0 Å². The molecule has 1 unspecified atom stereocenters. The Bertz CT molecular complexity index is 229. The van der Waals surface area contributed by atoms with E-state index in [4.69, 9.17) is 9.05 Å². The Morgan fingerprint density at radius 2 is 1.44 bits per heavy atom. The Labute approximate surface area is 113 Å². The molecule has 1 atom stereocenters. The first-order valence-corrected chi connectivity index (χ1v) is 9.37. The van der Waals surface area contributed by atoms with Crippen molar-refractivity contribution in [2.24, 2.45) is 0 Å². The molecule has 0 amide bonds. The second-order valence-corrected chi connectivity index (χ2v) is 7.25. The van der Waals surface area contributed by atoms with Crippen molar-refractivity contribution in [3.05, 3.63) is 0 Å². The van der Waals surface area contributed by atoms with E-state index >= 15 is 0 Å². The molecule has 0 saturated carbocycles. The van der Waals surface area contributed by atoms with Gasteiger partial charge in [-0.2, -0.15) is 0 Å². The summed E-state index contributed by atoms with van der Waals surface area (Å²) in [6.45, 7) is 8.08. The van der Waals surface area contributed by atoms with Crippen LogP contribution in [0.15, 0.2) is 0 Å². The Morgan fingerprint density at radius 1 is 0.944 bits per heavy atom. The van der Waals surface area contributed by atoms with Crippen molar-refractivity contribution in [1.82, 2.24) is 0 Å². The summed E-state index contributed by atoms with van der Waals surface area (Å²) in [5, 5.41) is 0. The van der Waals surface area contributed by atoms with Gasteiger partial charge in [0.2, 0.25) is 0 Å². The molecule has 0 N–H and O–H groups in total. The lowest BCUT2D eigenvalue weighted by atomic mass is 10.1. The Kier molecular flexibility index (Phi) is 11.1. The standard InChI is InChI=1S/C14H31O3P/c1-5-6-7-8-9-10-11-12-13-16-18(4,15)17-14(2)3/h14H,5-13H2,1-4H3. The molecule has 0 bridgehead atoms. The van der Waals surface area contributed by atoms with Crippen molar-refractivity contribution < 1.29 is 13.6 Å². The van der Waals surface area contributed by atoms with Crippen LogP contribution in [0, 0.1) is 0 Å². The van der Waals surface area contributed by atoms with Gasteiger partial charge in [-0.3, -0.25) is 4.57 Å². The molecule has 0 radical (unpaired) electrons. The fraction of sp³-hybridized carbons (Fsp3) is 1.00. The van der Waals surface area contributed by atoms with Crippen LogP contribution in [0.4, 0.5) is 0 Å². The predicted molar refractivity (Wildman–Crippen MR) is 78.3 cm³/mol. The molecule has 0 aromatic heterocycles. The number of unbranched alkanes of at least 4 members (excludes halogenated alkanes) is 7. The van der Waals surface area contributed by atoms with E-state index < -0.39 is 7.60 Å². The maximum Gasteiger partial charge on any atom is 0.327 e. The highest BCUT2D eigenvalue weighted by Gasteiger charge is 2.17. The summed E-state index contributed by atoms with van der Waals surface area (Å²) in [6, 6.07) is 0. The average Bonchev–Trinajstić information content (AvgIpc) is 2.25. The van der Waals surface area contributed by atoms with Gasteiger partial charge >= 0.3 is 7.60 Å². The van der Waals surface area contributed by atoms with Crippen molar-refractivity contribution in [2.75, 3.05) is 13.3 Å². The Balaban J connectivity index is 3.32. The van der Waals surface area contributed by atoms with Gasteiger partial charge in [0, 0.05) is 6.66 Å². The fourth-order valence-electron chi connectivity index (χ4n) is 1.88. The van der Waals surface area contributed by atoms with Crippen molar-refractivity contribution in [3.8, 4) is 0 Å². The van der Waals surface area contributed by atoms with Crippen LogP contribution in [-0.2, 0) is 13.6 Å². The topological polar surface area (TPSA) is 35.5 Å². The van der Waals surface area contributed by atoms with Crippen LogP contribution in [-0.4, -0.2) is 19.4 Å². The van der Waals surface area contributed by atoms with E-state index in [0.717, 1.165) is 12.8 Å². The Morgan fingerprint density at radius 3 is 1.94 bits per heavy atom. The first-order chi connectivity index (χ1) is 8.48. The zero-order valence-electron chi connectivity index (χ0n) is 12.6. The third kappa shape index (κ3) is 12.6. The zero-order chi connectivity index (χ0) is 13.9. The first kappa shape index (κ1) is 18.1. The lowest BCUT2D eigenvalue weighted by Gasteiger charge is -2.16. The van der Waals surface area contributed by atoms with Crippen LogP contribution in [0.2, 0.25) is 0 Å². The van der Waals surface area contributed by atoms with E-state index in [1.54, 1.807) is 6.66 Å². The molecule has 0 aliphatic carbocycles. The molecule has 0 aromatic carbocycles. The van der Waals surface area contributed by atoms with Crippen LogP contribution >= 0.6 is 7.60 Å². The fourth-order valence-corrected chi connectivity index (χ4v) is 3.17. The number of hydrogen-bond acceptors (Lipinski definition) is 3. The van der Waals surface area contributed by atoms with Gasteiger partial charge in [0.25, 0.3) is 0 Å². The SMILES string of the molecule is CCCCCCCCCCOP(C)(=O)OC(C)C. The molecule has 3 nitrogen and oxygen atoms in total. The van der Waals surface area contributed by atoms with Gasteiger partial charge in [0.15, 0.2) is 0 Å². The van der Waals surface area contributed by atoms with Gasteiger partial charge in [-0.05, 0) is 20.3 Å². The minimum absolute atomic E-state index is 0.0422. The summed E-state index contributed by atoms with van der Waals surface area (Å²) in [7, 11) is -2.82. The van der Waals surface area contributed by atoms with Gasteiger partial charge in [0.1, 0.15) is 0 Å². The van der Waals surface area contributed by atoms with E-state index in [2.05, 4.69) is 6.92 Å². The largest absolute Gasteiger partial charge is 0.327 e. The van der Waals surface area contributed by atoms with E-state index in [-0.39, 0.29) is 6.10 Å². The van der Waals surface area contributed by atoms with Crippen LogP contribution in [0.5, 0.6) is 0 Å². The number of rotatable bonds is 12. The summed E-state index contributed by atoms with van der Waals surface area (Å²) in [4.78, 5) is 0. The third-order valence-electron chi connectivity index (χ3n) is 2.73. The van der Waals surface area contributed by atoms with Crippen LogP contribution in [0.25, 0.3) is 0 Å². The molecular formula is C14H31O3P. The third-order valence-corrected chi connectivity index (χ3v) is 4.18. The normalized spacial score (nSPS) is 14.9. The molecule has 0 aliphatic heterocycles. The van der Waals surface area contributed by atoms with Crippen molar-refractivity contribution >= 4 is 7.60 Å². The van der Waals surface area contributed by atoms with Gasteiger partial charge in [-0.25, -0.2) is 0 Å². The molecule has 0 spiro atoms. The van der Waals surface area contributed by atoms with Crippen molar-refractivity contribution in [1.29, 1.82) is 0 Å². The lowest BCUT2D eigenvalue weighted by molar-refractivity contribution is 0.170. The maximum atomic E-state index is 11.8. The van der Waals surface area contributed by atoms with Crippen LogP contribution in [0.1, 0.15) is 72.1 Å². The summed E-state index contributed by atoms with van der Waals surface area (Å²) >= 11 is 0. The molecule has 0 fully saturated rings. The molecule has 0 heterocycles. The highest BCUT2D eigenvalue weighted by atomic mass is 31.2. The molecule has 18 heavy (non-hydrogen) atoms. The second kappa shape index (κ2) is 11.0. The lowest BCUT2D eigenvalue weighted by Crippen LogP contribution is -2.03. The minimum Gasteiger partial charge on any atom is -0.309 e. The molecule has 4 heteroatoms. The van der Waals surface area contributed by atoms with E-state index in [0.29, 0.717) is 6.61 Å². The minimum atomic E-state index is -2.82. The molecule has 0 aliphatic rings. The molecule has 0 aromatic rings. The smallest absolute Gasteiger partial charge is 0.309 e. The summed E-state index contributed by atoms with van der Waals surface area (Å²) in [5.74, 6) is 0. The summed E-state index contributed by atoms with van der Waals surface area (Å²) in [5.41, 5.74) is 0. The quantitative estimate of drug-likeness (QED) is 0.354. The van der Waals surface area contributed by atoms with Gasteiger partial charge in [0.05, 0.1) is 12.7 Å². The predicted octanol–water partition coefficient (Wildman–Crippen LogP) is 5.39. The highest BCUT2D eigenvalue weighted by molar-refractivity contribution is 7.52. The summed E-state index contributed by atoms with van der Waals surface area (Å²) in [6.07, 6.45) is 10.0. The Hall–Kier alpha value is 0.150. The first-order valence-electron chi connectivity index (χ1n) is 7.38. The van der Waals surface area contributed by atoms with Crippen LogP contribution in [0.3, 0.4) is 0 Å². The monoisotopic (exact) mass is 278 g/mol. The average molecular weight is 278 g/mol. The zero-order valence-corrected chi connectivity index (χ0v) is 13.5. The van der Waals surface area contributed by atoms with Crippen LogP contribution < -0.4 is 0 Å². The second-order valence-electron chi connectivity index (χ2n) is 5.23. The van der Waals surface area contributed by atoms with Crippen molar-refractivity contribution in [2.45, 2.75) is 78.2 Å².